The number of aromatic nitrogens is 1. The fourth-order valence-corrected chi connectivity index (χ4v) is 4.19. The molecule has 1 atom stereocenters. The van der Waals surface area contributed by atoms with E-state index in [0.717, 1.165) is 16.1 Å². The first-order valence-corrected chi connectivity index (χ1v) is 10.9. The largest absolute Gasteiger partial charge is 0.444 e. The molecule has 1 aromatic heterocycles. The van der Waals surface area contributed by atoms with E-state index in [1.165, 1.54) is 11.3 Å². The first-order valence-electron chi connectivity index (χ1n) is 10.1. The SMILES string of the molecule is Cc1sc(NC(=O)N2CCN(C(=O)OC(C)(C)C)C[C@@H]2C)nc1-c1cccc(C#N)c1. The number of ether oxygens (including phenoxy) is 1. The molecule has 31 heavy (non-hydrogen) atoms. The van der Waals surface area contributed by atoms with Crippen LogP contribution in [0.3, 0.4) is 0 Å². The van der Waals surface area contributed by atoms with Crippen molar-refractivity contribution in [3.05, 3.63) is 34.7 Å². The van der Waals surface area contributed by atoms with E-state index in [2.05, 4.69) is 16.4 Å². The van der Waals surface area contributed by atoms with Crippen molar-refractivity contribution in [1.29, 1.82) is 5.26 Å². The first kappa shape index (κ1) is 22.6. The Hall–Kier alpha value is -3.12. The molecule has 2 heterocycles. The van der Waals surface area contributed by atoms with Gasteiger partial charge in [-0.05, 0) is 46.8 Å². The molecule has 0 saturated carbocycles. The van der Waals surface area contributed by atoms with E-state index in [1.54, 1.807) is 21.9 Å². The fourth-order valence-electron chi connectivity index (χ4n) is 3.37. The summed E-state index contributed by atoms with van der Waals surface area (Å²) in [6.45, 7) is 10.6. The van der Waals surface area contributed by atoms with Gasteiger partial charge in [-0.25, -0.2) is 14.6 Å². The molecule has 1 fully saturated rings. The van der Waals surface area contributed by atoms with Crippen molar-refractivity contribution >= 4 is 28.6 Å². The Labute approximate surface area is 186 Å². The minimum Gasteiger partial charge on any atom is -0.444 e. The summed E-state index contributed by atoms with van der Waals surface area (Å²) in [5.41, 5.74) is 1.60. The highest BCUT2D eigenvalue weighted by Crippen LogP contribution is 2.31. The van der Waals surface area contributed by atoms with Crippen LogP contribution in [-0.2, 0) is 4.74 Å². The van der Waals surface area contributed by atoms with Gasteiger partial charge in [0.25, 0.3) is 0 Å². The van der Waals surface area contributed by atoms with E-state index in [4.69, 9.17) is 10.00 Å². The number of nitrogens with one attached hydrogen (secondary N) is 1. The van der Waals surface area contributed by atoms with Gasteiger partial charge in [-0.2, -0.15) is 5.26 Å². The van der Waals surface area contributed by atoms with E-state index in [9.17, 15) is 9.59 Å². The molecular formula is C22H27N5O3S. The number of urea groups is 1. The van der Waals surface area contributed by atoms with E-state index in [1.807, 2.05) is 46.8 Å². The van der Waals surface area contributed by atoms with Gasteiger partial charge in [0, 0.05) is 36.1 Å². The van der Waals surface area contributed by atoms with E-state index in [-0.39, 0.29) is 18.2 Å². The molecule has 1 aliphatic rings. The lowest BCUT2D eigenvalue weighted by molar-refractivity contribution is 0.0112. The molecule has 3 rings (SSSR count). The molecule has 1 aromatic carbocycles. The standard InChI is InChI=1S/C22H27N5O3S/c1-14-13-26(21(29)30-22(3,4)5)9-10-27(14)20(28)25-19-24-18(15(2)31-19)17-8-6-7-16(11-17)12-23/h6-8,11,14H,9-10,13H2,1-5H3,(H,24,25,28)/t14-/m0/s1. The summed E-state index contributed by atoms with van der Waals surface area (Å²) in [5, 5.41) is 12.5. The molecule has 1 aliphatic heterocycles. The Morgan fingerprint density at radius 1 is 1.32 bits per heavy atom. The fraction of sp³-hybridized carbons (Fsp3) is 0.455. The number of aryl methyl sites for hydroxylation is 1. The van der Waals surface area contributed by atoms with Crippen LogP contribution in [0.25, 0.3) is 11.3 Å². The number of hydrogen-bond acceptors (Lipinski definition) is 6. The lowest BCUT2D eigenvalue weighted by Crippen LogP contribution is -2.57. The average Bonchev–Trinajstić information content (AvgIpc) is 3.06. The molecule has 9 heteroatoms. The Balaban J connectivity index is 1.65. The average molecular weight is 442 g/mol. The Bertz CT molecular complexity index is 1020. The molecular weight excluding hydrogens is 414 g/mol. The molecule has 0 aliphatic carbocycles. The van der Waals surface area contributed by atoms with Gasteiger partial charge in [-0.1, -0.05) is 12.1 Å². The molecule has 0 spiro atoms. The monoisotopic (exact) mass is 441 g/mol. The number of benzene rings is 1. The quantitative estimate of drug-likeness (QED) is 0.742. The Kier molecular flexibility index (Phi) is 6.51. The second-order valence-corrected chi connectivity index (χ2v) is 9.72. The highest BCUT2D eigenvalue weighted by atomic mass is 32.1. The summed E-state index contributed by atoms with van der Waals surface area (Å²) in [4.78, 5) is 34.0. The predicted molar refractivity (Wildman–Crippen MR) is 120 cm³/mol. The smallest absolute Gasteiger partial charge is 0.410 e. The third-order valence-corrected chi connectivity index (χ3v) is 5.70. The molecule has 1 N–H and O–H groups in total. The summed E-state index contributed by atoms with van der Waals surface area (Å²) < 4.78 is 5.43. The summed E-state index contributed by atoms with van der Waals surface area (Å²) in [6, 6.07) is 8.96. The number of anilines is 1. The minimum absolute atomic E-state index is 0.158. The van der Waals surface area contributed by atoms with Crippen LogP contribution in [0.2, 0.25) is 0 Å². The van der Waals surface area contributed by atoms with Crippen molar-refractivity contribution in [1.82, 2.24) is 14.8 Å². The van der Waals surface area contributed by atoms with Gasteiger partial charge in [0.2, 0.25) is 0 Å². The van der Waals surface area contributed by atoms with E-state index < -0.39 is 5.60 Å². The number of carbonyl (C=O) groups is 2. The lowest BCUT2D eigenvalue weighted by Gasteiger charge is -2.39. The number of amides is 3. The highest BCUT2D eigenvalue weighted by Gasteiger charge is 2.32. The maximum Gasteiger partial charge on any atom is 0.410 e. The molecule has 3 amide bonds. The Morgan fingerprint density at radius 2 is 2.06 bits per heavy atom. The number of nitriles is 1. The van der Waals surface area contributed by atoms with Crippen LogP contribution in [0.1, 0.15) is 38.1 Å². The lowest BCUT2D eigenvalue weighted by atomic mass is 10.1. The molecule has 0 radical (unpaired) electrons. The topological polar surface area (TPSA) is 98.6 Å². The molecule has 0 unspecified atom stereocenters. The molecule has 0 bridgehead atoms. The summed E-state index contributed by atoms with van der Waals surface area (Å²) in [5.74, 6) is 0. The van der Waals surface area contributed by atoms with Gasteiger partial charge in [-0.15, -0.1) is 11.3 Å². The van der Waals surface area contributed by atoms with Crippen molar-refractivity contribution in [2.75, 3.05) is 25.0 Å². The number of thiazole rings is 1. The summed E-state index contributed by atoms with van der Waals surface area (Å²) in [7, 11) is 0. The molecule has 8 nitrogen and oxygen atoms in total. The molecule has 164 valence electrons. The molecule has 2 aromatic rings. The van der Waals surface area contributed by atoms with Crippen LogP contribution >= 0.6 is 11.3 Å². The molecule has 1 saturated heterocycles. The predicted octanol–water partition coefficient (Wildman–Crippen LogP) is 4.46. The second-order valence-electron chi connectivity index (χ2n) is 8.52. The third kappa shape index (κ3) is 5.52. The normalized spacial score (nSPS) is 16.6. The van der Waals surface area contributed by atoms with Gasteiger partial charge in [0.15, 0.2) is 5.13 Å². The Morgan fingerprint density at radius 3 is 2.71 bits per heavy atom. The zero-order chi connectivity index (χ0) is 22.8. The van der Waals surface area contributed by atoms with Crippen LogP contribution in [0.5, 0.6) is 0 Å². The van der Waals surface area contributed by atoms with Gasteiger partial charge < -0.3 is 14.5 Å². The van der Waals surface area contributed by atoms with Crippen molar-refractivity contribution in [2.24, 2.45) is 0 Å². The zero-order valence-electron chi connectivity index (χ0n) is 18.4. The van der Waals surface area contributed by atoms with Crippen molar-refractivity contribution in [2.45, 2.75) is 46.3 Å². The third-order valence-electron chi connectivity index (χ3n) is 4.82. The van der Waals surface area contributed by atoms with Gasteiger partial charge >= 0.3 is 12.1 Å². The van der Waals surface area contributed by atoms with E-state index in [0.29, 0.717) is 30.3 Å². The van der Waals surface area contributed by atoms with Crippen molar-refractivity contribution in [3.63, 3.8) is 0 Å². The van der Waals surface area contributed by atoms with Crippen LogP contribution in [0, 0.1) is 18.3 Å². The van der Waals surface area contributed by atoms with Crippen LogP contribution in [0.15, 0.2) is 24.3 Å². The minimum atomic E-state index is -0.554. The summed E-state index contributed by atoms with van der Waals surface area (Å²) in [6.07, 6.45) is -0.362. The van der Waals surface area contributed by atoms with Gasteiger partial charge in [-0.3, -0.25) is 5.32 Å². The number of rotatable bonds is 2. The highest BCUT2D eigenvalue weighted by molar-refractivity contribution is 7.16. The second kappa shape index (κ2) is 8.94. The maximum atomic E-state index is 12.8. The van der Waals surface area contributed by atoms with Crippen LogP contribution in [0.4, 0.5) is 14.7 Å². The number of hydrogen-bond donors (Lipinski definition) is 1. The zero-order valence-corrected chi connectivity index (χ0v) is 19.2. The van der Waals surface area contributed by atoms with Crippen molar-refractivity contribution in [3.8, 4) is 17.3 Å². The van der Waals surface area contributed by atoms with Gasteiger partial charge in [0.1, 0.15) is 5.60 Å². The van der Waals surface area contributed by atoms with Crippen LogP contribution < -0.4 is 5.32 Å². The van der Waals surface area contributed by atoms with Gasteiger partial charge in [0.05, 0.1) is 17.3 Å². The summed E-state index contributed by atoms with van der Waals surface area (Å²) >= 11 is 1.39. The number of nitrogens with zero attached hydrogens (tertiary/aromatic N) is 4. The number of carbonyl (C=O) groups excluding carboxylic acids is 2. The maximum absolute atomic E-state index is 12.8. The van der Waals surface area contributed by atoms with Crippen LogP contribution in [-0.4, -0.2) is 58.2 Å². The van der Waals surface area contributed by atoms with E-state index >= 15 is 0 Å². The first-order chi connectivity index (χ1) is 14.6. The van der Waals surface area contributed by atoms with Crippen molar-refractivity contribution < 1.29 is 14.3 Å². The number of piperazine rings is 1.